The minimum absolute atomic E-state index is 0.0821. The smallest absolute Gasteiger partial charge is 0.273 e. The zero-order valence-corrected chi connectivity index (χ0v) is 12.2. The Kier molecular flexibility index (Phi) is 4.09. The summed E-state index contributed by atoms with van der Waals surface area (Å²) in [6, 6.07) is 9.70. The largest absolute Gasteiger partial charge is 0.507 e. The highest BCUT2D eigenvalue weighted by Gasteiger charge is 2.21. The molecule has 0 bridgehead atoms. The number of nitrogens with one attached hydrogen (secondary N) is 3. The van der Waals surface area contributed by atoms with Gasteiger partial charge in [0.1, 0.15) is 11.6 Å². The molecule has 7 nitrogen and oxygen atoms in total. The second kappa shape index (κ2) is 6.35. The topological polar surface area (TPSA) is 103 Å². The van der Waals surface area contributed by atoms with Crippen LogP contribution < -0.4 is 16.2 Å². The van der Waals surface area contributed by atoms with Gasteiger partial charge in [0.15, 0.2) is 0 Å². The lowest BCUT2D eigenvalue weighted by atomic mass is 10.2. The van der Waals surface area contributed by atoms with Crippen LogP contribution in [0.3, 0.4) is 0 Å². The molecule has 4 N–H and O–H groups in total. The lowest BCUT2D eigenvalue weighted by Crippen LogP contribution is -2.41. The Bertz CT molecular complexity index is 744. The summed E-state index contributed by atoms with van der Waals surface area (Å²) in [7, 11) is 0. The van der Waals surface area contributed by atoms with Crippen LogP contribution in [0.5, 0.6) is 5.75 Å². The minimum Gasteiger partial charge on any atom is -0.507 e. The summed E-state index contributed by atoms with van der Waals surface area (Å²) in [6.45, 7) is 0. The summed E-state index contributed by atoms with van der Waals surface area (Å²) in [4.78, 5) is 28.1. The molecule has 2 aromatic rings. The fraction of sp³-hybridized carbons (Fsp3) is 0.188. The highest BCUT2D eigenvalue weighted by molar-refractivity contribution is 6.00. The first kappa shape index (κ1) is 14.8. The molecule has 1 aliphatic carbocycles. The highest BCUT2D eigenvalue weighted by Crippen LogP contribution is 2.23. The van der Waals surface area contributed by atoms with Crippen molar-refractivity contribution in [1.29, 1.82) is 0 Å². The zero-order chi connectivity index (χ0) is 16.2. The predicted octanol–water partition coefficient (Wildman–Crippen LogP) is 1.44. The summed E-state index contributed by atoms with van der Waals surface area (Å²) in [5.74, 6) is -0.580. The highest BCUT2D eigenvalue weighted by atomic mass is 16.3. The molecule has 0 atom stereocenters. The number of benzene rings is 1. The van der Waals surface area contributed by atoms with Crippen molar-refractivity contribution in [3.8, 4) is 5.75 Å². The molecule has 3 rings (SSSR count). The fourth-order valence-corrected chi connectivity index (χ4v) is 2.01. The fourth-order valence-electron chi connectivity index (χ4n) is 2.01. The summed E-state index contributed by atoms with van der Waals surface area (Å²) in [5, 5.41) is 12.8. The van der Waals surface area contributed by atoms with Gasteiger partial charge in [-0.05, 0) is 37.1 Å². The molecule has 1 aromatic carbocycles. The number of carbonyl (C=O) groups excluding carboxylic acids is 2. The van der Waals surface area contributed by atoms with Gasteiger partial charge in [0.05, 0.1) is 5.56 Å². The number of pyridine rings is 1. The van der Waals surface area contributed by atoms with E-state index in [4.69, 9.17) is 0 Å². The molecule has 1 aromatic heterocycles. The Morgan fingerprint density at radius 3 is 2.57 bits per heavy atom. The second-order valence-electron chi connectivity index (χ2n) is 5.27. The molecule has 1 saturated carbocycles. The van der Waals surface area contributed by atoms with E-state index < -0.39 is 11.8 Å². The van der Waals surface area contributed by atoms with Crippen LogP contribution in [0, 0.1) is 0 Å². The monoisotopic (exact) mass is 312 g/mol. The maximum Gasteiger partial charge on any atom is 0.273 e. The van der Waals surface area contributed by atoms with Crippen LogP contribution in [0.4, 0.5) is 5.82 Å². The van der Waals surface area contributed by atoms with Crippen molar-refractivity contribution >= 4 is 17.6 Å². The number of hydrogen-bond donors (Lipinski definition) is 4. The van der Waals surface area contributed by atoms with E-state index in [0.717, 1.165) is 12.8 Å². The third kappa shape index (κ3) is 3.76. The van der Waals surface area contributed by atoms with E-state index in [9.17, 15) is 14.7 Å². The van der Waals surface area contributed by atoms with Gasteiger partial charge in [0.25, 0.3) is 11.8 Å². The van der Waals surface area contributed by atoms with Crippen molar-refractivity contribution < 1.29 is 14.7 Å². The van der Waals surface area contributed by atoms with Gasteiger partial charge in [-0.3, -0.25) is 20.4 Å². The van der Waals surface area contributed by atoms with Crippen LogP contribution in [0.25, 0.3) is 0 Å². The van der Waals surface area contributed by atoms with Crippen LogP contribution in [0.2, 0.25) is 0 Å². The molecule has 0 aliphatic heterocycles. The van der Waals surface area contributed by atoms with Crippen LogP contribution >= 0.6 is 0 Å². The van der Waals surface area contributed by atoms with Crippen molar-refractivity contribution in [1.82, 2.24) is 15.8 Å². The molecule has 0 spiro atoms. The number of phenols is 1. The van der Waals surface area contributed by atoms with E-state index in [2.05, 4.69) is 21.2 Å². The van der Waals surface area contributed by atoms with Gasteiger partial charge in [-0.15, -0.1) is 0 Å². The number of rotatable bonds is 4. The Morgan fingerprint density at radius 2 is 1.83 bits per heavy atom. The molecule has 7 heteroatoms. The summed E-state index contributed by atoms with van der Waals surface area (Å²) >= 11 is 0. The van der Waals surface area contributed by atoms with Crippen molar-refractivity contribution in [2.75, 3.05) is 5.32 Å². The van der Waals surface area contributed by atoms with Crippen molar-refractivity contribution in [3.63, 3.8) is 0 Å². The van der Waals surface area contributed by atoms with E-state index in [-0.39, 0.29) is 11.3 Å². The molecule has 118 valence electrons. The number of para-hydroxylation sites is 1. The van der Waals surface area contributed by atoms with Crippen LogP contribution in [-0.4, -0.2) is 27.9 Å². The normalized spacial score (nSPS) is 13.2. The van der Waals surface area contributed by atoms with E-state index in [0.29, 0.717) is 17.4 Å². The third-order valence-electron chi connectivity index (χ3n) is 3.39. The van der Waals surface area contributed by atoms with Crippen molar-refractivity contribution in [2.24, 2.45) is 0 Å². The Labute approximate surface area is 132 Å². The molecule has 23 heavy (non-hydrogen) atoms. The average molecular weight is 312 g/mol. The number of aromatic hydroxyl groups is 1. The SMILES string of the molecule is O=C(NNC(=O)c1ccccc1O)c1ccnc(NC2CC2)c1. The van der Waals surface area contributed by atoms with Gasteiger partial charge in [-0.25, -0.2) is 4.98 Å². The molecule has 1 aliphatic rings. The third-order valence-corrected chi connectivity index (χ3v) is 3.39. The molecular formula is C16H16N4O3. The lowest BCUT2D eigenvalue weighted by molar-refractivity contribution is 0.0845. The van der Waals surface area contributed by atoms with Gasteiger partial charge < -0.3 is 10.4 Å². The average Bonchev–Trinajstić information content (AvgIpc) is 3.37. The first-order chi connectivity index (χ1) is 11.1. The van der Waals surface area contributed by atoms with Crippen molar-refractivity contribution in [3.05, 3.63) is 53.7 Å². The summed E-state index contributed by atoms with van der Waals surface area (Å²) in [6.07, 6.45) is 3.74. The summed E-state index contributed by atoms with van der Waals surface area (Å²) in [5.41, 5.74) is 5.04. The second-order valence-corrected chi connectivity index (χ2v) is 5.27. The number of phenolic OH excluding ortho intramolecular Hbond substituents is 1. The predicted molar refractivity (Wildman–Crippen MR) is 83.9 cm³/mol. The minimum atomic E-state index is -0.596. The standard InChI is InChI=1S/C16H16N4O3/c21-13-4-2-1-3-12(13)16(23)20-19-15(22)10-7-8-17-14(9-10)18-11-5-6-11/h1-4,7-9,11,21H,5-6H2,(H,17,18)(H,19,22)(H,20,23). The molecular weight excluding hydrogens is 296 g/mol. The quantitative estimate of drug-likeness (QED) is 0.640. The number of hydrazine groups is 1. The number of anilines is 1. The molecule has 1 fully saturated rings. The number of nitrogens with zero attached hydrogens (tertiary/aromatic N) is 1. The maximum absolute atomic E-state index is 12.1. The first-order valence-electron chi connectivity index (χ1n) is 7.25. The Hall–Kier alpha value is -3.09. The Balaban J connectivity index is 1.60. The van der Waals surface area contributed by atoms with E-state index in [1.54, 1.807) is 24.3 Å². The van der Waals surface area contributed by atoms with E-state index in [1.807, 2.05) is 0 Å². The molecule has 1 heterocycles. The van der Waals surface area contributed by atoms with Gasteiger partial charge >= 0.3 is 0 Å². The number of hydrogen-bond acceptors (Lipinski definition) is 5. The van der Waals surface area contributed by atoms with Gasteiger partial charge in [0, 0.05) is 17.8 Å². The Morgan fingerprint density at radius 1 is 1.09 bits per heavy atom. The van der Waals surface area contributed by atoms with Gasteiger partial charge in [-0.1, -0.05) is 12.1 Å². The lowest BCUT2D eigenvalue weighted by Gasteiger charge is -2.09. The molecule has 0 unspecified atom stereocenters. The molecule has 2 amide bonds. The van der Waals surface area contributed by atoms with Gasteiger partial charge in [-0.2, -0.15) is 0 Å². The van der Waals surface area contributed by atoms with Crippen LogP contribution in [0.1, 0.15) is 33.6 Å². The maximum atomic E-state index is 12.1. The molecule has 0 saturated heterocycles. The number of amides is 2. The zero-order valence-electron chi connectivity index (χ0n) is 12.2. The number of carbonyl (C=O) groups is 2. The van der Waals surface area contributed by atoms with Crippen LogP contribution in [-0.2, 0) is 0 Å². The number of aromatic nitrogens is 1. The van der Waals surface area contributed by atoms with Crippen molar-refractivity contribution in [2.45, 2.75) is 18.9 Å². The van der Waals surface area contributed by atoms with E-state index >= 15 is 0 Å². The van der Waals surface area contributed by atoms with Gasteiger partial charge in [0.2, 0.25) is 0 Å². The summed E-state index contributed by atoms with van der Waals surface area (Å²) < 4.78 is 0. The molecule has 0 radical (unpaired) electrons. The van der Waals surface area contributed by atoms with E-state index in [1.165, 1.54) is 18.3 Å². The first-order valence-corrected chi connectivity index (χ1v) is 7.25. The van der Waals surface area contributed by atoms with Crippen LogP contribution in [0.15, 0.2) is 42.6 Å².